The Bertz CT molecular complexity index is 305. The van der Waals surface area contributed by atoms with E-state index in [4.69, 9.17) is 0 Å². The molecule has 0 amide bonds. The zero-order chi connectivity index (χ0) is 11.4. The molecule has 0 atom stereocenters. The minimum Gasteiger partial charge on any atom is -0.311 e. The van der Waals surface area contributed by atoms with Crippen LogP contribution in [0.25, 0.3) is 0 Å². The molecule has 0 spiro atoms. The van der Waals surface area contributed by atoms with Gasteiger partial charge in [-0.3, -0.25) is 4.68 Å². The van der Waals surface area contributed by atoms with E-state index < -0.39 is 0 Å². The van der Waals surface area contributed by atoms with Gasteiger partial charge in [-0.15, -0.1) is 0 Å². The molecule has 0 saturated heterocycles. The lowest BCUT2D eigenvalue weighted by Gasteiger charge is -2.13. The van der Waals surface area contributed by atoms with Gasteiger partial charge in [0.1, 0.15) is 0 Å². The fraction of sp³-hybridized carbons (Fsp3) is 0.727. The summed E-state index contributed by atoms with van der Waals surface area (Å²) in [5, 5.41) is 7.78. The smallest absolute Gasteiger partial charge is 0.0667 e. The molecule has 1 aromatic heterocycles. The van der Waals surface area contributed by atoms with E-state index >= 15 is 0 Å². The monoisotopic (exact) mass is 273 g/mol. The molecule has 0 radical (unpaired) electrons. The largest absolute Gasteiger partial charge is 0.311 e. The third kappa shape index (κ3) is 3.61. The summed E-state index contributed by atoms with van der Waals surface area (Å²) in [5.41, 5.74) is 1.23. The van der Waals surface area contributed by atoms with Gasteiger partial charge in [-0.1, -0.05) is 13.8 Å². The summed E-state index contributed by atoms with van der Waals surface area (Å²) in [6, 6.07) is 0.409. The van der Waals surface area contributed by atoms with Crippen LogP contribution < -0.4 is 5.32 Å². The Hall–Kier alpha value is -0.350. The number of rotatable bonds is 5. The summed E-state index contributed by atoms with van der Waals surface area (Å²) >= 11 is 3.53. The molecule has 1 heterocycles. The first-order valence-corrected chi connectivity index (χ1v) is 6.24. The Labute approximate surface area is 100 Å². The summed E-state index contributed by atoms with van der Waals surface area (Å²) in [6.07, 6.45) is 1.87. The number of hydrogen-bond donors (Lipinski definition) is 1. The van der Waals surface area contributed by atoms with Crippen molar-refractivity contribution in [3.05, 3.63) is 16.4 Å². The Kier molecular flexibility index (Phi) is 4.80. The lowest BCUT2D eigenvalue weighted by atomic mass is 10.2. The normalized spacial score (nSPS) is 11.7. The quantitative estimate of drug-likeness (QED) is 0.894. The number of aromatic nitrogens is 2. The maximum atomic E-state index is 4.34. The SMILES string of the molecule is CC(C)CNCc1c(Br)cnn1C(C)C. The van der Waals surface area contributed by atoms with Gasteiger partial charge in [-0.2, -0.15) is 5.10 Å². The van der Waals surface area contributed by atoms with Crippen molar-refractivity contribution in [2.24, 2.45) is 5.92 Å². The van der Waals surface area contributed by atoms with Crippen LogP contribution >= 0.6 is 15.9 Å². The van der Waals surface area contributed by atoms with E-state index in [0.717, 1.165) is 17.6 Å². The van der Waals surface area contributed by atoms with Gasteiger partial charge in [0, 0.05) is 12.6 Å². The molecule has 86 valence electrons. The molecule has 0 aromatic carbocycles. The number of hydrogen-bond acceptors (Lipinski definition) is 2. The number of nitrogens with zero attached hydrogens (tertiary/aromatic N) is 2. The summed E-state index contributed by atoms with van der Waals surface area (Å²) in [6.45, 7) is 10.6. The lowest BCUT2D eigenvalue weighted by molar-refractivity contribution is 0.481. The predicted molar refractivity (Wildman–Crippen MR) is 66.9 cm³/mol. The van der Waals surface area contributed by atoms with Crippen molar-refractivity contribution < 1.29 is 0 Å². The maximum Gasteiger partial charge on any atom is 0.0667 e. The third-order valence-corrected chi connectivity index (χ3v) is 2.84. The molecule has 0 fully saturated rings. The van der Waals surface area contributed by atoms with Crippen LogP contribution in [0.4, 0.5) is 0 Å². The first-order chi connectivity index (χ1) is 7.02. The highest BCUT2D eigenvalue weighted by atomic mass is 79.9. The van der Waals surface area contributed by atoms with Gasteiger partial charge < -0.3 is 5.32 Å². The number of nitrogens with one attached hydrogen (secondary N) is 1. The second-order valence-electron chi connectivity index (χ2n) is 4.50. The fourth-order valence-electron chi connectivity index (χ4n) is 1.46. The summed E-state index contributed by atoms with van der Waals surface area (Å²) < 4.78 is 3.14. The van der Waals surface area contributed by atoms with Crippen molar-refractivity contribution in [1.82, 2.24) is 15.1 Å². The molecule has 1 aromatic rings. The van der Waals surface area contributed by atoms with Crippen molar-refractivity contribution in [2.45, 2.75) is 40.3 Å². The van der Waals surface area contributed by atoms with Gasteiger partial charge in [0.25, 0.3) is 0 Å². The summed E-state index contributed by atoms with van der Waals surface area (Å²) in [4.78, 5) is 0. The molecule has 0 unspecified atom stereocenters. The lowest BCUT2D eigenvalue weighted by Crippen LogP contribution is -2.22. The molecule has 0 aliphatic heterocycles. The highest BCUT2D eigenvalue weighted by Crippen LogP contribution is 2.19. The van der Waals surface area contributed by atoms with Crippen LogP contribution in [0.1, 0.15) is 39.4 Å². The minimum atomic E-state index is 0.409. The second kappa shape index (κ2) is 5.66. The van der Waals surface area contributed by atoms with E-state index in [0.29, 0.717) is 12.0 Å². The van der Waals surface area contributed by atoms with Crippen molar-refractivity contribution in [2.75, 3.05) is 6.54 Å². The van der Waals surface area contributed by atoms with Gasteiger partial charge in [0.2, 0.25) is 0 Å². The van der Waals surface area contributed by atoms with E-state index in [1.807, 2.05) is 6.20 Å². The van der Waals surface area contributed by atoms with Crippen molar-refractivity contribution in [1.29, 1.82) is 0 Å². The van der Waals surface area contributed by atoms with Gasteiger partial charge in [0.05, 0.1) is 16.4 Å². The first kappa shape index (κ1) is 12.7. The zero-order valence-electron chi connectivity index (χ0n) is 9.92. The average molecular weight is 274 g/mol. The van der Waals surface area contributed by atoms with Crippen molar-refractivity contribution in [3.8, 4) is 0 Å². The van der Waals surface area contributed by atoms with Crippen LogP contribution in [0.3, 0.4) is 0 Å². The van der Waals surface area contributed by atoms with Gasteiger partial charge >= 0.3 is 0 Å². The predicted octanol–water partition coefficient (Wildman–Crippen LogP) is 2.97. The minimum absolute atomic E-state index is 0.409. The maximum absolute atomic E-state index is 4.34. The van der Waals surface area contributed by atoms with Crippen molar-refractivity contribution >= 4 is 15.9 Å². The van der Waals surface area contributed by atoms with E-state index in [-0.39, 0.29) is 0 Å². The molecule has 4 heteroatoms. The molecule has 0 saturated carbocycles. The molecule has 1 N–H and O–H groups in total. The van der Waals surface area contributed by atoms with Gasteiger partial charge in [0.15, 0.2) is 0 Å². The summed E-state index contributed by atoms with van der Waals surface area (Å²) in [7, 11) is 0. The van der Waals surface area contributed by atoms with Crippen LogP contribution in [0, 0.1) is 5.92 Å². The van der Waals surface area contributed by atoms with Crippen LogP contribution in [0.2, 0.25) is 0 Å². The Morgan fingerprint density at radius 1 is 1.40 bits per heavy atom. The standard InChI is InChI=1S/C11H20BrN3/c1-8(2)5-13-7-11-10(12)6-14-15(11)9(3)4/h6,8-9,13H,5,7H2,1-4H3. The van der Waals surface area contributed by atoms with Crippen LogP contribution in [0.5, 0.6) is 0 Å². The number of halogens is 1. The molecule has 0 aliphatic rings. The zero-order valence-corrected chi connectivity index (χ0v) is 11.5. The van der Waals surface area contributed by atoms with Crippen LogP contribution in [-0.4, -0.2) is 16.3 Å². The molecule has 15 heavy (non-hydrogen) atoms. The molecular weight excluding hydrogens is 254 g/mol. The van der Waals surface area contributed by atoms with Crippen LogP contribution in [0.15, 0.2) is 10.7 Å². The Morgan fingerprint density at radius 3 is 2.60 bits per heavy atom. The molecule has 3 nitrogen and oxygen atoms in total. The molecular formula is C11H20BrN3. The van der Waals surface area contributed by atoms with E-state index in [1.165, 1.54) is 5.69 Å². The average Bonchev–Trinajstić information content (AvgIpc) is 2.47. The van der Waals surface area contributed by atoms with Gasteiger partial charge in [-0.05, 0) is 42.2 Å². The highest BCUT2D eigenvalue weighted by molar-refractivity contribution is 9.10. The first-order valence-electron chi connectivity index (χ1n) is 5.45. The van der Waals surface area contributed by atoms with Gasteiger partial charge in [-0.25, -0.2) is 0 Å². The van der Waals surface area contributed by atoms with Crippen LogP contribution in [-0.2, 0) is 6.54 Å². The fourth-order valence-corrected chi connectivity index (χ4v) is 1.87. The molecule has 0 aliphatic carbocycles. The van der Waals surface area contributed by atoms with E-state index in [2.05, 4.69) is 58.7 Å². The molecule has 0 bridgehead atoms. The second-order valence-corrected chi connectivity index (χ2v) is 5.36. The third-order valence-electron chi connectivity index (χ3n) is 2.18. The topological polar surface area (TPSA) is 29.9 Å². The highest BCUT2D eigenvalue weighted by Gasteiger charge is 2.10. The van der Waals surface area contributed by atoms with E-state index in [9.17, 15) is 0 Å². The Balaban J connectivity index is 2.62. The Morgan fingerprint density at radius 2 is 2.07 bits per heavy atom. The summed E-state index contributed by atoms with van der Waals surface area (Å²) in [5.74, 6) is 0.680. The van der Waals surface area contributed by atoms with E-state index in [1.54, 1.807) is 0 Å². The van der Waals surface area contributed by atoms with Crippen molar-refractivity contribution in [3.63, 3.8) is 0 Å². The molecule has 1 rings (SSSR count).